The number of benzene rings is 3. The van der Waals surface area contributed by atoms with Gasteiger partial charge in [0.1, 0.15) is 5.82 Å². The summed E-state index contributed by atoms with van der Waals surface area (Å²) in [5.74, 6) is 1.76. The van der Waals surface area contributed by atoms with Gasteiger partial charge in [-0.1, -0.05) is 42.5 Å². The molecule has 0 fully saturated rings. The molecular formula is C25H20N4O3. The summed E-state index contributed by atoms with van der Waals surface area (Å²) < 4.78 is 10.7. The number of amides is 1. The highest BCUT2D eigenvalue weighted by Crippen LogP contribution is 2.34. The maximum atomic E-state index is 12.7. The van der Waals surface area contributed by atoms with E-state index < -0.39 is 0 Å². The van der Waals surface area contributed by atoms with E-state index in [-0.39, 0.29) is 12.7 Å². The first kappa shape index (κ1) is 19.6. The Morgan fingerprint density at radius 2 is 1.72 bits per heavy atom. The fourth-order valence-electron chi connectivity index (χ4n) is 3.37. The van der Waals surface area contributed by atoms with Crippen LogP contribution in [0.2, 0.25) is 0 Å². The fraction of sp³-hybridized carbons (Fsp3) is 0.0800. The maximum absolute atomic E-state index is 12.7. The molecule has 0 unspecified atom stereocenters. The second kappa shape index (κ2) is 8.77. The number of nitrogens with one attached hydrogen (secondary N) is 2. The Morgan fingerprint density at radius 3 is 2.56 bits per heavy atom. The zero-order valence-corrected chi connectivity index (χ0v) is 17.1. The van der Waals surface area contributed by atoms with Crippen LogP contribution < -0.4 is 20.1 Å². The molecule has 3 aromatic carbocycles. The van der Waals surface area contributed by atoms with Crippen molar-refractivity contribution in [3.8, 4) is 22.8 Å². The summed E-state index contributed by atoms with van der Waals surface area (Å²) in [5, 5.41) is 14.7. The standard InChI is InChI=1S/C25H20N4O3/c30-25(27-20-9-11-22-23(14-20)32-16-31-22)19-8-4-7-18(13-19)21-10-12-24(29-28-21)26-15-17-5-2-1-3-6-17/h1-14H,15-16H2,(H,26,29)(H,27,30). The Bertz CT molecular complexity index is 1240. The number of ether oxygens (including phenoxy) is 2. The molecule has 0 atom stereocenters. The predicted octanol–water partition coefficient (Wildman–Crippen LogP) is 4.74. The van der Waals surface area contributed by atoms with Crippen molar-refractivity contribution in [2.24, 2.45) is 0 Å². The van der Waals surface area contributed by atoms with Crippen LogP contribution in [0.25, 0.3) is 11.3 Å². The van der Waals surface area contributed by atoms with Crippen molar-refractivity contribution < 1.29 is 14.3 Å². The Labute approximate surface area is 185 Å². The molecule has 7 nitrogen and oxygen atoms in total. The molecule has 4 aromatic rings. The lowest BCUT2D eigenvalue weighted by Crippen LogP contribution is -2.11. The molecule has 2 N–H and O–H groups in total. The molecule has 32 heavy (non-hydrogen) atoms. The van der Waals surface area contributed by atoms with E-state index >= 15 is 0 Å². The lowest BCUT2D eigenvalue weighted by Gasteiger charge is -2.08. The number of anilines is 2. The number of carbonyl (C=O) groups excluding carboxylic acids is 1. The molecule has 0 radical (unpaired) electrons. The van der Waals surface area contributed by atoms with Gasteiger partial charge in [0.2, 0.25) is 6.79 Å². The highest BCUT2D eigenvalue weighted by molar-refractivity contribution is 6.05. The van der Waals surface area contributed by atoms with E-state index in [1.807, 2.05) is 42.5 Å². The van der Waals surface area contributed by atoms with Gasteiger partial charge in [-0.25, -0.2) is 0 Å². The first-order valence-electron chi connectivity index (χ1n) is 10.2. The predicted molar refractivity (Wildman–Crippen MR) is 122 cm³/mol. The second-order valence-corrected chi connectivity index (χ2v) is 7.25. The lowest BCUT2D eigenvalue weighted by atomic mass is 10.1. The van der Waals surface area contributed by atoms with Gasteiger partial charge >= 0.3 is 0 Å². The largest absolute Gasteiger partial charge is 0.454 e. The minimum Gasteiger partial charge on any atom is -0.454 e. The first-order chi connectivity index (χ1) is 15.7. The van der Waals surface area contributed by atoms with Crippen molar-refractivity contribution in [3.05, 3.63) is 96.1 Å². The lowest BCUT2D eigenvalue weighted by molar-refractivity contribution is 0.102. The monoisotopic (exact) mass is 424 g/mol. The summed E-state index contributed by atoms with van der Waals surface area (Å²) in [6.07, 6.45) is 0. The molecule has 1 aliphatic rings. The van der Waals surface area contributed by atoms with Gasteiger partial charge in [0.05, 0.1) is 5.69 Å². The number of nitrogens with zero attached hydrogens (tertiary/aromatic N) is 2. The zero-order valence-electron chi connectivity index (χ0n) is 17.1. The Hall–Kier alpha value is -4.39. The summed E-state index contributed by atoms with van der Waals surface area (Å²) in [6, 6.07) is 26.4. The van der Waals surface area contributed by atoms with Crippen LogP contribution in [0.5, 0.6) is 11.5 Å². The number of hydrogen-bond donors (Lipinski definition) is 2. The number of rotatable bonds is 6. The second-order valence-electron chi connectivity index (χ2n) is 7.25. The van der Waals surface area contributed by atoms with E-state index in [1.165, 1.54) is 5.56 Å². The van der Waals surface area contributed by atoms with E-state index in [0.717, 1.165) is 5.56 Å². The molecule has 1 aliphatic heterocycles. The number of fused-ring (bicyclic) bond motifs is 1. The van der Waals surface area contributed by atoms with Crippen LogP contribution in [0, 0.1) is 0 Å². The van der Waals surface area contributed by atoms with Gasteiger partial charge in [0.25, 0.3) is 5.91 Å². The van der Waals surface area contributed by atoms with Gasteiger partial charge in [-0.3, -0.25) is 4.79 Å². The third-order valence-electron chi connectivity index (χ3n) is 5.03. The molecule has 158 valence electrons. The smallest absolute Gasteiger partial charge is 0.255 e. The van der Waals surface area contributed by atoms with Crippen LogP contribution in [0.4, 0.5) is 11.5 Å². The van der Waals surface area contributed by atoms with Crippen LogP contribution in [0.3, 0.4) is 0 Å². The maximum Gasteiger partial charge on any atom is 0.255 e. The summed E-state index contributed by atoms with van der Waals surface area (Å²) >= 11 is 0. The summed E-state index contributed by atoms with van der Waals surface area (Å²) in [6.45, 7) is 0.862. The van der Waals surface area contributed by atoms with Crippen molar-refractivity contribution in [1.29, 1.82) is 0 Å². The first-order valence-corrected chi connectivity index (χ1v) is 10.2. The topological polar surface area (TPSA) is 85.4 Å². The van der Waals surface area contributed by atoms with Gasteiger partial charge in [0, 0.05) is 29.4 Å². The van der Waals surface area contributed by atoms with Crippen molar-refractivity contribution in [2.45, 2.75) is 6.54 Å². The number of carbonyl (C=O) groups is 1. The van der Waals surface area contributed by atoms with E-state index in [9.17, 15) is 4.79 Å². The van der Waals surface area contributed by atoms with Gasteiger partial charge in [-0.15, -0.1) is 10.2 Å². The van der Waals surface area contributed by atoms with Crippen molar-refractivity contribution in [1.82, 2.24) is 10.2 Å². The van der Waals surface area contributed by atoms with E-state index in [1.54, 1.807) is 30.3 Å². The van der Waals surface area contributed by atoms with Crippen LogP contribution in [0.1, 0.15) is 15.9 Å². The van der Waals surface area contributed by atoms with Crippen LogP contribution >= 0.6 is 0 Å². The molecule has 0 saturated heterocycles. The van der Waals surface area contributed by atoms with Crippen LogP contribution in [-0.2, 0) is 6.54 Å². The summed E-state index contributed by atoms with van der Waals surface area (Å²) in [5.41, 5.74) is 3.82. The van der Waals surface area contributed by atoms with Crippen molar-refractivity contribution >= 4 is 17.4 Å². The molecule has 5 rings (SSSR count). The molecule has 0 bridgehead atoms. The summed E-state index contributed by atoms with van der Waals surface area (Å²) in [7, 11) is 0. The normalized spacial score (nSPS) is 11.8. The number of hydrogen-bond acceptors (Lipinski definition) is 6. The fourth-order valence-corrected chi connectivity index (χ4v) is 3.37. The zero-order chi connectivity index (χ0) is 21.8. The highest BCUT2D eigenvalue weighted by Gasteiger charge is 2.15. The Morgan fingerprint density at radius 1 is 0.844 bits per heavy atom. The molecule has 0 spiro atoms. The minimum absolute atomic E-state index is 0.191. The van der Waals surface area contributed by atoms with Gasteiger partial charge in [-0.05, 0) is 42.0 Å². The molecular weight excluding hydrogens is 404 g/mol. The molecule has 2 heterocycles. The third-order valence-corrected chi connectivity index (χ3v) is 5.03. The van der Waals surface area contributed by atoms with Crippen molar-refractivity contribution in [2.75, 3.05) is 17.4 Å². The molecule has 0 saturated carbocycles. The Kier molecular flexibility index (Phi) is 5.36. The third kappa shape index (κ3) is 4.37. The van der Waals surface area contributed by atoms with E-state index in [2.05, 4.69) is 33.0 Å². The average molecular weight is 424 g/mol. The van der Waals surface area contributed by atoms with Gasteiger partial charge < -0.3 is 20.1 Å². The Balaban J connectivity index is 1.26. The quantitative estimate of drug-likeness (QED) is 0.465. The minimum atomic E-state index is -0.222. The van der Waals surface area contributed by atoms with Gasteiger partial charge in [0.15, 0.2) is 11.5 Å². The average Bonchev–Trinajstić information content (AvgIpc) is 3.32. The molecule has 1 amide bonds. The van der Waals surface area contributed by atoms with Crippen LogP contribution in [-0.4, -0.2) is 22.9 Å². The number of aromatic nitrogens is 2. The molecule has 7 heteroatoms. The van der Waals surface area contributed by atoms with E-state index in [4.69, 9.17) is 9.47 Å². The highest BCUT2D eigenvalue weighted by atomic mass is 16.7. The summed E-state index contributed by atoms with van der Waals surface area (Å²) in [4.78, 5) is 12.7. The van der Waals surface area contributed by atoms with Crippen molar-refractivity contribution in [3.63, 3.8) is 0 Å². The SMILES string of the molecule is O=C(Nc1ccc2c(c1)OCO2)c1cccc(-c2ccc(NCc3ccccc3)nn2)c1. The van der Waals surface area contributed by atoms with Gasteiger partial charge in [-0.2, -0.15) is 0 Å². The molecule has 1 aromatic heterocycles. The molecule has 0 aliphatic carbocycles. The van der Waals surface area contributed by atoms with Crippen LogP contribution in [0.15, 0.2) is 84.9 Å². The van der Waals surface area contributed by atoms with E-state index in [0.29, 0.717) is 40.8 Å².